The Bertz CT molecular complexity index is 184. The van der Waals surface area contributed by atoms with Crippen LogP contribution in [0, 0.1) is 5.41 Å². The summed E-state index contributed by atoms with van der Waals surface area (Å²) in [5.41, 5.74) is 2.66. The third-order valence-corrected chi connectivity index (χ3v) is 3.03. The highest BCUT2D eigenvalue weighted by atomic mass is 14.3. The minimum absolute atomic E-state index is 0.119. The van der Waals surface area contributed by atoms with E-state index in [0.717, 1.165) is 6.42 Å². The van der Waals surface area contributed by atoms with Crippen molar-refractivity contribution in [3.8, 4) is 0 Å². The summed E-state index contributed by atoms with van der Waals surface area (Å²) in [5.74, 6) is 0. The zero-order valence-corrected chi connectivity index (χ0v) is 9.74. The molecule has 0 rings (SSSR count). The summed E-state index contributed by atoms with van der Waals surface area (Å²) in [6.07, 6.45) is 5.01. The number of unbranched alkanes of at least 4 members (excludes halogenated alkanes) is 2. The van der Waals surface area contributed by atoms with Gasteiger partial charge in [-0.05, 0) is 19.8 Å². The van der Waals surface area contributed by atoms with Crippen LogP contribution >= 0.6 is 0 Å². The molecule has 76 valence electrons. The molecule has 0 atom stereocenters. The smallest absolute Gasteiger partial charge is 0.00558 e. The fourth-order valence-electron chi connectivity index (χ4n) is 1.20. The van der Waals surface area contributed by atoms with Gasteiger partial charge in [0.25, 0.3) is 0 Å². The second-order valence-corrected chi connectivity index (χ2v) is 4.47. The van der Waals surface area contributed by atoms with Gasteiger partial charge in [-0.2, -0.15) is 0 Å². The van der Waals surface area contributed by atoms with Gasteiger partial charge in [-0.15, -0.1) is 0 Å². The molecular weight excluding hydrogens is 156 g/mol. The summed E-state index contributed by atoms with van der Waals surface area (Å²) in [6.45, 7) is 16.9. The summed E-state index contributed by atoms with van der Waals surface area (Å²) in [7, 11) is 0. The first-order valence-electron chi connectivity index (χ1n) is 5.27. The van der Waals surface area contributed by atoms with Crippen molar-refractivity contribution in [3.63, 3.8) is 0 Å². The Morgan fingerprint density at radius 1 is 1.15 bits per heavy atom. The minimum atomic E-state index is 0.119. The van der Waals surface area contributed by atoms with E-state index in [2.05, 4.69) is 40.9 Å². The van der Waals surface area contributed by atoms with E-state index < -0.39 is 0 Å². The molecule has 0 aliphatic heterocycles. The zero-order chi connectivity index (χ0) is 10.5. The summed E-state index contributed by atoms with van der Waals surface area (Å²) in [4.78, 5) is 0. The normalized spacial score (nSPS) is 11.4. The molecule has 0 saturated heterocycles. The van der Waals surface area contributed by atoms with Crippen LogP contribution in [0.2, 0.25) is 0 Å². The summed E-state index contributed by atoms with van der Waals surface area (Å²) in [5, 5.41) is 0. The van der Waals surface area contributed by atoms with Gasteiger partial charge in [0.1, 0.15) is 0 Å². The molecular formula is C13H24. The maximum Gasteiger partial charge on any atom is 0.00558 e. The van der Waals surface area contributed by atoms with Crippen LogP contribution in [0.5, 0.6) is 0 Å². The largest absolute Gasteiger partial charge is 0.0993 e. The SMILES string of the molecule is C=C(C)C(C)(C)C(=C)CCCCC. The molecule has 0 fully saturated rings. The van der Waals surface area contributed by atoms with Crippen LogP contribution in [0.15, 0.2) is 24.3 Å². The molecule has 0 aliphatic carbocycles. The molecule has 0 heteroatoms. The van der Waals surface area contributed by atoms with Gasteiger partial charge in [0.2, 0.25) is 0 Å². The molecule has 0 aromatic heterocycles. The van der Waals surface area contributed by atoms with Gasteiger partial charge in [-0.25, -0.2) is 0 Å². The van der Waals surface area contributed by atoms with E-state index in [1.54, 1.807) is 0 Å². The minimum Gasteiger partial charge on any atom is -0.0993 e. The van der Waals surface area contributed by atoms with E-state index in [4.69, 9.17) is 0 Å². The fraction of sp³-hybridized carbons (Fsp3) is 0.692. The third kappa shape index (κ3) is 3.80. The van der Waals surface area contributed by atoms with Crippen molar-refractivity contribution in [2.24, 2.45) is 5.41 Å². The van der Waals surface area contributed by atoms with E-state index in [9.17, 15) is 0 Å². The molecule has 0 saturated carbocycles. The molecule has 0 unspecified atom stereocenters. The van der Waals surface area contributed by atoms with Crippen LogP contribution in [0.25, 0.3) is 0 Å². The van der Waals surface area contributed by atoms with E-state index in [1.807, 2.05) is 0 Å². The monoisotopic (exact) mass is 180 g/mol. The van der Waals surface area contributed by atoms with Crippen molar-refractivity contribution < 1.29 is 0 Å². The van der Waals surface area contributed by atoms with Gasteiger partial charge in [0.05, 0.1) is 0 Å². The second kappa shape index (κ2) is 5.26. The van der Waals surface area contributed by atoms with Gasteiger partial charge in [0.15, 0.2) is 0 Å². The lowest BCUT2D eigenvalue weighted by molar-refractivity contribution is 0.507. The van der Waals surface area contributed by atoms with E-state index in [-0.39, 0.29) is 5.41 Å². The van der Waals surface area contributed by atoms with E-state index in [0.29, 0.717) is 0 Å². The lowest BCUT2D eigenvalue weighted by Crippen LogP contribution is -2.15. The highest BCUT2D eigenvalue weighted by Crippen LogP contribution is 2.34. The van der Waals surface area contributed by atoms with Gasteiger partial charge in [-0.3, -0.25) is 0 Å². The van der Waals surface area contributed by atoms with Crippen molar-refractivity contribution in [1.82, 2.24) is 0 Å². The van der Waals surface area contributed by atoms with Gasteiger partial charge in [-0.1, -0.05) is 57.9 Å². The van der Waals surface area contributed by atoms with Crippen LogP contribution in [-0.2, 0) is 0 Å². The van der Waals surface area contributed by atoms with Gasteiger partial charge >= 0.3 is 0 Å². The Morgan fingerprint density at radius 3 is 2.08 bits per heavy atom. The molecule has 0 bridgehead atoms. The zero-order valence-electron chi connectivity index (χ0n) is 9.74. The van der Waals surface area contributed by atoms with E-state index >= 15 is 0 Å². The van der Waals surface area contributed by atoms with E-state index in [1.165, 1.54) is 30.4 Å². The van der Waals surface area contributed by atoms with Crippen LogP contribution in [-0.4, -0.2) is 0 Å². The fourth-order valence-corrected chi connectivity index (χ4v) is 1.20. The highest BCUT2D eigenvalue weighted by molar-refractivity contribution is 5.21. The predicted molar refractivity (Wildman–Crippen MR) is 61.9 cm³/mol. The maximum atomic E-state index is 4.16. The number of rotatable bonds is 6. The Hall–Kier alpha value is -0.520. The van der Waals surface area contributed by atoms with Crippen LogP contribution in [0.3, 0.4) is 0 Å². The first-order valence-corrected chi connectivity index (χ1v) is 5.27. The Balaban J connectivity index is 4.03. The third-order valence-electron chi connectivity index (χ3n) is 3.03. The molecule has 0 N–H and O–H groups in total. The Morgan fingerprint density at radius 2 is 1.69 bits per heavy atom. The lowest BCUT2D eigenvalue weighted by atomic mass is 9.77. The van der Waals surface area contributed by atoms with Gasteiger partial charge in [0, 0.05) is 5.41 Å². The lowest BCUT2D eigenvalue weighted by Gasteiger charge is -2.28. The Labute approximate surface area is 83.7 Å². The van der Waals surface area contributed by atoms with Crippen molar-refractivity contribution in [3.05, 3.63) is 24.3 Å². The highest BCUT2D eigenvalue weighted by Gasteiger charge is 2.21. The van der Waals surface area contributed by atoms with Crippen molar-refractivity contribution in [1.29, 1.82) is 0 Å². The molecule has 0 nitrogen and oxygen atoms in total. The van der Waals surface area contributed by atoms with Crippen LogP contribution in [0.1, 0.15) is 53.4 Å². The maximum absolute atomic E-state index is 4.16. The molecule has 0 spiro atoms. The molecule has 0 heterocycles. The first kappa shape index (κ1) is 12.5. The average Bonchev–Trinajstić information content (AvgIpc) is 2.04. The topological polar surface area (TPSA) is 0 Å². The van der Waals surface area contributed by atoms with Crippen LogP contribution in [0.4, 0.5) is 0 Å². The van der Waals surface area contributed by atoms with Crippen molar-refractivity contribution in [2.45, 2.75) is 53.4 Å². The van der Waals surface area contributed by atoms with Crippen molar-refractivity contribution >= 4 is 0 Å². The molecule has 0 aliphatic rings. The molecule has 0 aromatic carbocycles. The van der Waals surface area contributed by atoms with Crippen molar-refractivity contribution in [2.75, 3.05) is 0 Å². The Kier molecular flexibility index (Phi) is 5.05. The first-order chi connectivity index (χ1) is 5.92. The molecule has 0 radical (unpaired) electrons. The summed E-state index contributed by atoms with van der Waals surface area (Å²) in [6, 6.07) is 0. The predicted octanol–water partition coefficient (Wildman–Crippen LogP) is 4.73. The average molecular weight is 180 g/mol. The quantitative estimate of drug-likeness (QED) is 0.409. The summed E-state index contributed by atoms with van der Waals surface area (Å²) < 4.78 is 0. The number of allylic oxidation sites excluding steroid dienone is 2. The van der Waals surface area contributed by atoms with Gasteiger partial charge < -0.3 is 0 Å². The molecule has 13 heavy (non-hydrogen) atoms. The standard InChI is InChI=1S/C13H24/c1-7-8-9-10-12(4)13(5,6)11(2)3/h2,4,7-10H2,1,3,5-6H3. The molecule has 0 aromatic rings. The molecule has 0 amide bonds. The summed E-state index contributed by atoms with van der Waals surface area (Å²) >= 11 is 0. The van der Waals surface area contributed by atoms with Crippen LogP contribution < -0.4 is 0 Å². The number of hydrogen-bond donors (Lipinski definition) is 0. The second-order valence-electron chi connectivity index (χ2n) is 4.47. The number of hydrogen-bond acceptors (Lipinski definition) is 0.